The number of ether oxygens (including phenoxy) is 1. The molecular formula is C10H11FN2O4. The summed E-state index contributed by atoms with van der Waals surface area (Å²) in [5, 5.41) is 10.6. The fourth-order valence-corrected chi connectivity index (χ4v) is 1.40. The largest absolute Gasteiger partial charge is 0.469 e. The molecule has 0 aromatic heterocycles. The van der Waals surface area contributed by atoms with Crippen molar-refractivity contribution in [3.05, 3.63) is 39.7 Å². The summed E-state index contributed by atoms with van der Waals surface area (Å²) in [4.78, 5) is 21.2. The maximum Gasteiger partial charge on any atom is 0.314 e. The molecule has 1 aromatic rings. The van der Waals surface area contributed by atoms with Gasteiger partial charge in [0.1, 0.15) is 5.82 Å². The van der Waals surface area contributed by atoms with Crippen LogP contribution < -0.4 is 5.73 Å². The number of benzene rings is 1. The minimum atomic E-state index is -1.04. The zero-order valence-corrected chi connectivity index (χ0v) is 9.05. The molecule has 0 bridgehead atoms. The third kappa shape index (κ3) is 2.76. The molecule has 7 heteroatoms. The van der Waals surface area contributed by atoms with Crippen molar-refractivity contribution >= 4 is 11.7 Å². The van der Waals surface area contributed by atoms with Crippen LogP contribution in [0.4, 0.5) is 10.1 Å². The summed E-state index contributed by atoms with van der Waals surface area (Å²) >= 11 is 0. The highest BCUT2D eigenvalue weighted by Crippen LogP contribution is 2.24. The van der Waals surface area contributed by atoms with Crippen molar-refractivity contribution in [3.63, 3.8) is 0 Å². The molecule has 0 radical (unpaired) electrons. The Morgan fingerprint density at radius 2 is 2.29 bits per heavy atom. The third-order valence-electron chi connectivity index (χ3n) is 2.29. The van der Waals surface area contributed by atoms with Crippen molar-refractivity contribution in [2.75, 3.05) is 13.7 Å². The van der Waals surface area contributed by atoms with Gasteiger partial charge in [0, 0.05) is 24.2 Å². The molecule has 0 heterocycles. The lowest BCUT2D eigenvalue weighted by Gasteiger charge is -2.13. The second-order valence-electron chi connectivity index (χ2n) is 3.27. The Morgan fingerprint density at radius 1 is 1.65 bits per heavy atom. The first-order chi connectivity index (χ1) is 8.01. The molecule has 1 atom stereocenters. The van der Waals surface area contributed by atoms with Gasteiger partial charge in [0.15, 0.2) is 0 Å². The van der Waals surface area contributed by atoms with Crippen LogP contribution in [0.2, 0.25) is 0 Å². The molecule has 2 N–H and O–H groups in total. The van der Waals surface area contributed by atoms with E-state index in [1.165, 1.54) is 0 Å². The van der Waals surface area contributed by atoms with E-state index in [9.17, 15) is 19.3 Å². The number of nitrogens with zero attached hydrogens (tertiary/aromatic N) is 1. The molecule has 0 saturated heterocycles. The fraction of sp³-hybridized carbons (Fsp3) is 0.300. The molecule has 6 nitrogen and oxygen atoms in total. The second kappa shape index (κ2) is 5.35. The lowest BCUT2D eigenvalue weighted by Crippen LogP contribution is -2.23. The van der Waals surface area contributed by atoms with E-state index in [0.717, 1.165) is 25.3 Å². The molecule has 17 heavy (non-hydrogen) atoms. The van der Waals surface area contributed by atoms with Crippen molar-refractivity contribution < 1.29 is 18.8 Å². The summed E-state index contributed by atoms with van der Waals surface area (Å²) < 4.78 is 17.9. The number of methoxy groups -OCH3 is 1. The van der Waals surface area contributed by atoms with Crippen LogP contribution >= 0.6 is 0 Å². The molecule has 1 aromatic carbocycles. The molecular weight excluding hydrogens is 231 g/mol. The molecule has 1 rings (SSSR count). The Bertz CT molecular complexity index is 450. The zero-order chi connectivity index (χ0) is 13.0. The number of halogens is 1. The van der Waals surface area contributed by atoms with Gasteiger partial charge in [0.2, 0.25) is 0 Å². The summed E-state index contributed by atoms with van der Waals surface area (Å²) in [5.74, 6) is -2.50. The van der Waals surface area contributed by atoms with Gasteiger partial charge in [0.25, 0.3) is 5.69 Å². The molecule has 0 fully saturated rings. The van der Waals surface area contributed by atoms with E-state index in [-0.39, 0.29) is 17.8 Å². The smallest absolute Gasteiger partial charge is 0.314 e. The van der Waals surface area contributed by atoms with Crippen molar-refractivity contribution in [1.82, 2.24) is 0 Å². The van der Waals surface area contributed by atoms with Gasteiger partial charge in [-0.1, -0.05) is 0 Å². The van der Waals surface area contributed by atoms with Gasteiger partial charge in [-0.3, -0.25) is 14.9 Å². The van der Waals surface area contributed by atoms with Crippen LogP contribution in [-0.2, 0) is 9.53 Å². The highest BCUT2D eigenvalue weighted by Gasteiger charge is 2.25. The predicted molar refractivity (Wildman–Crippen MR) is 56.9 cm³/mol. The normalized spacial score (nSPS) is 11.9. The van der Waals surface area contributed by atoms with Crippen LogP contribution in [0.5, 0.6) is 0 Å². The summed E-state index contributed by atoms with van der Waals surface area (Å²) in [7, 11) is 1.14. The van der Waals surface area contributed by atoms with Gasteiger partial charge in [0.05, 0.1) is 18.0 Å². The first-order valence-electron chi connectivity index (χ1n) is 4.73. The van der Waals surface area contributed by atoms with Crippen LogP contribution in [-0.4, -0.2) is 24.5 Å². The quantitative estimate of drug-likeness (QED) is 0.481. The third-order valence-corrected chi connectivity index (χ3v) is 2.29. The second-order valence-corrected chi connectivity index (χ2v) is 3.27. The molecule has 1 unspecified atom stereocenters. The fourth-order valence-electron chi connectivity index (χ4n) is 1.40. The number of nitro groups is 1. The predicted octanol–water partition coefficient (Wildman–Crippen LogP) is 0.949. The summed E-state index contributed by atoms with van der Waals surface area (Å²) in [5.41, 5.74) is 4.91. The average Bonchev–Trinajstić information content (AvgIpc) is 2.31. The van der Waals surface area contributed by atoms with Gasteiger partial charge < -0.3 is 10.5 Å². The first-order valence-corrected chi connectivity index (χ1v) is 4.73. The molecule has 0 saturated carbocycles. The number of nitrogens with two attached hydrogens (primary N) is 1. The maximum atomic E-state index is 13.5. The summed E-state index contributed by atoms with van der Waals surface area (Å²) in [6.45, 7) is -0.190. The molecule has 0 aliphatic rings. The van der Waals surface area contributed by atoms with Gasteiger partial charge in [-0.25, -0.2) is 4.39 Å². The molecule has 0 spiro atoms. The summed E-state index contributed by atoms with van der Waals surface area (Å²) in [6.07, 6.45) is 0. The van der Waals surface area contributed by atoms with Crippen LogP contribution in [0.3, 0.4) is 0 Å². The van der Waals surface area contributed by atoms with Crippen LogP contribution in [0, 0.1) is 15.9 Å². The van der Waals surface area contributed by atoms with Gasteiger partial charge >= 0.3 is 5.97 Å². The molecule has 0 aliphatic carbocycles. The number of carbonyl (C=O) groups excluding carboxylic acids is 1. The van der Waals surface area contributed by atoms with E-state index >= 15 is 0 Å². The number of rotatable bonds is 4. The summed E-state index contributed by atoms with van der Waals surface area (Å²) in [6, 6.07) is 2.94. The monoisotopic (exact) mass is 242 g/mol. The van der Waals surface area contributed by atoms with Gasteiger partial charge in [-0.2, -0.15) is 0 Å². The molecule has 0 aliphatic heterocycles. The zero-order valence-electron chi connectivity index (χ0n) is 9.05. The lowest BCUT2D eigenvalue weighted by atomic mass is 9.98. The topological polar surface area (TPSA) is 95.5 Å². The Balaban J connectivity index is 3.22. The lowest BCUT2D eigenvalue weighted by molar-refractivity contribution is -0.385. The van der Waals surface area contributed by atoms with Gasteiger partial charge in [-0.15, -0.1) is 0 Å². The highest BCUT2D eigenvalue weighted by atomic mass is 19.1. The molecule has 92 valence electrons. The van der Waals surface area contributed by atoms with E-state index in [0.29, 0.717) is 0 Å². The molecule has 0 amide bonds. The van der Waals surface area contributed by atoms with Crippen molar-refractivity contribution in [2.45, 2.75) is 5.92 Å². The Kier molecular flexibility index (Phi) is 4.11. The highest BCUT2D eigenvalue weighted by molar-refractivity contribution is 5.78. The van der Waals surface area contributed by atoms with Gasteiger partial charge in [-0.05, 0) is 6.07 Å². The van der Waals surface area contributed by atoms with Crippen molar-refractivity contribution in [2.24, 2.45) is 5.73 Å². The number of non-ortho nitro benzene ring substituents is 1. The number of esters is 1. The van der Waals surface area contributed by atoms with Crippen molar-refractivity contribution in [1.29, 1.82) is 0 Å². The van der Waals surface area contributed by atoms with Crippen LogP contribution in [0.25, 0.3) is 0 Å². The van der Waals surface area contributed by atoms with E-state index < -0.39 is 22.6 Å². The van der Waals surface area contributed by atoms with E-state index in [1.54, 1.807) is 0 Å². The number of nitro benzene ring substituents is 1. The standard InChI is InChI=1S/C10H11FN2O4/c1-17-10(14)8(5-12)7-4-6(13(15)16)2-3-9(7)11/h2-4,8H,5,12H2,1H3. The first kappa shape index (κ1) is 13.0. The number of carbonyl (C=O) groups is 1. The Labute approximate surface area is 96.3 Å². The number of hydrogen-bond acceptors (Lipinski definition) is 5. The van der Waals surface area contributed by atoms with E-state index in [4.69, 9.17) is 5.73 Å². The van der Waals surface area contributed by atoms with E-state index in [2.05, 4.69) is 4.74 Å². The Morgan fingerprint density at radius 3 is 2.76 bits per heavy atom. The van der Waals surface area contributed by atoms with Crippen LogP contribution in [0.1, 0.15) is 11.5 Å². The SMILES string of the molecule is COC(=O)C(CN)c1cc([N+](=O)[O-])ccc1F. The minimum Gasteiger partial charge on any atom is -0.469 e. The van der Waals surface area contributed by atoms with E-state index in [1.807, 2.05) is 0 Å². The maximum absolute atomic E-state index is 13.5. The average molecular weight is 242 g/mol. The number of hydrogen-bond donors (Lipinski definition) is 1. The Hall–Kier alpha value is -2.02. The van der Waals surface area contributed by atoms with Crippen LogP contribution in [0.15, 0.2) is 18.2 Å². The minimum absolute atomic E-state index is 0.131. The van der Waals surface area contributed by atoms with Crippen molar-refractivity contribution in [3.8, 4) is 0 Å².